The van der Waals surface area contributed by atoms with E-state index in [0.717, 1.165) is 6.54 Å². The van der Waals surface area contributed by atoms with Crippen molar-refractivity contribution in [3.63, 3.8) is 0 Å². The maximum Gasteiger partial charge on any atom is 0.0414 e. The van der Waals surface area contributed by atoms with Crippen LogP contribution in [0.4, 0.5) is 5.69 Å². The molecule has 0 aliphatic rings. The third kappa shape index (κ3) is 3.74. The summed E-state index contributed by atoms with van der Waals surface area (Å²) in [5.74, 6) is 0. The number of para-hydroxylation sites is 1. The molecule has 0 radical (unpaired) electrons. The molecule has 2 heteroatoms. The molecule has 0 fully saturated rings. The Labute approximate surface area is 112 Å². The van der Waals surface area contributed by atoms with Crippen molar-refractivity contribution in [2.24, 2.45) is 0 Å². The summed E-state index contributed by atoms with van der Waals surface area (Å²) in [6, 6.07) is 9.72. The molecule has 18 heavy (non-hydrogen) atoms. The highest BCUT2D eigenvalue weighted by Crippen LogP contribution is 2.27. The standard InChI is InChI=1S/C16H28N2/c1-6-10-13(3)18(5)16-12-9-8-11-15(16)14(4)17-7-2/h8-9,11-14,17H,6-7,10H2,1-5H3. The lowest BCUT2D eigenvalue weighted by molar-refractivity contribution is 0.583. The van der Waals surface area contributed by atoms with E-state index in [-0.39, 0.29) is 0 Å². The predicted molar refractivity (Wildman–Crippen MR) is 81.3 cm³/mol. The first-order valence-electron chi connectivity index (χ1n) is 7.16. The molecule has 0 heterocycles. The molecule has 2 atom stereocenters. The Balaban J connectivity index is 2.93. The minimum absolute atomic E-state index is 0.405. The summed E-state index contributed by atoms with van der Waals surface area (Å²) in [5.41, 5.74) is 2.75. The lowest BCUT2D eigenvalue weighted by atomic mass is 10.0. The first-order chi connectivity index (χ1) is 8.61. The van der Waals surface area contributed by atoms with E-state index in [1.165, 1.54) is 24.1 Å². The zero-order valence-corrected chi connectivity index (χ0v) is 12.5. The second-order valence-corrected chi connectivity index (χ2v) is 5.09. The summed E-state index contributed by atoms with van der Waals surface area (Å²) in [6.45, 7) is 9.95. The third-order valence-corrected chi connectivity index (χ3v) is 3.66. The summed E-state index contributed by atoms with van der Waals surface area (Å²) >= 11 is 0. The summed E-state index contributed by atoms with van der Waals surface area (Å²) in [6.07, 6.45) is 2.47. The lowest BCUT2D eigenvalue weighted by Gasteiger charge is -2.30. The van der Waals surface area contributed by atoms with E-state index >= 15 is 0 Å². The van der Waals surface area contributed by atoms with Gasteiger partial charge in [0.15, 0.2) is 0 Å². The van der Waals surface area contributed by atoms with Crippen molar-refractivity contribution in [2.45, 2.75) is 52.6 Å². The van der Waals surface area contributed by atoms with E-state index in [0.29, 0.717) is 12.1 Å². The molecule has 0 spiro atoms. The molecule has 1 rings (SSSR count). The Morgan fingerprint density at radius 2 is 1.83 bits per heavy atom. The van der Waals surface area contributed by atoms with Crippen molar-refractivity contribution in [2.75, 3.05) is 18.5 Å². The van der Waals surface area contributed by atoms with Gasteiger partial charge in [-0.25, -0.2) is 0 Å². The molecule has 0 saturated heterocycles. The Hall–Kier alpha value is -1.02. The monoisotopic (exact) mass is 248 g/mol. The molecule has 0 aromatic heterocycles. The van der Waals surface area contributed by atoms with Crippen LogP contribution in [0.2, 0.25) is 0 Å². The van der Waals surface area contributed by atoms with Crippen LogP contribution in [0, 0.1) is 0 Å². The van der Waals surface area contributed by atoms with Crippen LogP contribution in [-0.4, -0.2) is 19.6 Å². The summed E-state index contributed by atoms with van der Waals surface area (Å²) < 4.78 is 0. The molecule has 0 saturated carbocycles. The third-order valence-electron chi connectivity index (χ3n) is 3.66. The van der Waals surface area contributed by atoms with E-state index in [4.69, 9.17) is 0 Å². The van der Waals surface area contributed by atoms with Crippen LogP contribution < -0.4 is 10.2 Å². The Morgan fingerprint density at radius 1 is 1.17 bits per heavy atom. The largest absolute Gasteiger partial charge is 0.372 e. The van der Waals surface area contributed by atoms with E-state index in [1.807, 2.05) is 0 Å². The van der Waals surface area contributed by atoms with Gasteiger partial charge in [-0.3, -0.25) is 0 Å². The molecular weight excluding hydrogens is 220 g/mol. The average molecular weight is 248 g/mol. The molecule has 2 nitrogen and oxygen atoms in total. The average Bonchev–Trinajstić information content (AvgIpc) is 2.38. The summed E-state index contributed by atoms with van der Waals surface area (Å²) in [4.78, 5) is 2.41. The van der Waals surface area contributed by atoms with Gasteiger partial charge in [0.1, 0.15) is 0 Å². The van der Waals surface area contributed by atoms with Gasteiger partial charge >= 0.3 is 0 Å². The predicted octanol–water partition coefficient (Wildman–Crippen LogP) is 3.98. The normalized spacial score (nSPS) is 14.3. The molecule has 0 aliphatic heterocycles. The number of nitrogens with one attached hydrogen (secondary N) is 1. The lowest BCUT2D eigenvalue weighted by Crippen LogP contribution is -2.30. The maximum atomic E-state index is 3.50. The minimum atomic E-state index is 0.405. The first-order valence-corrected chi connectivity index (χ1v) is 7.16. The highest BCUT2D eigenvalue weighted by molar-refractivity contribution is 5.55. The number of anilines is 1. The van der Waals surface area contributed by atoms with E-state index in [2.05, 4.69) is 69.2 Å². The Kier molecular flexibility index (Phi) is 6.20. The van der Waals surface area contributed by atoms with Gasteiger partial charge in [0.05, 0.1) is 0 Å². The number of hydrogen-bond acceptors (Lipinski definition) is 2. The second-order valence-electron chi connectivity index (χ2n) is 5.09. The van der Waals surface area contributed by atoms with Gasteiger partial charge in [0.25, 0.3) is 0 Å². The highest BCUT2D eigenvalue weighted by Gasteiger charge is 2.15. The van der Waals surface area contributed by atoms with Gasteiger partial charge < -0.3 is 10.2 Å². The molecular formula is C16H28N2. The van der Waals surface area contributed by atoms with Crippen molar-refractivity contribution in [3.8, 4) is 0 Å². The SMILES string of the molecule is CCCC(C)N(C)c1ccccc1C(C)NCC. The smallest absolute Gasteiger partial charge is 0.0414 e. The van der Waals surface area contributed by atoms with Gasteiger partial charge in [-0.05, 0) is 38.4 Å². The molecule has 0 amide bonds. The fourth-order valence-corrected chi connectivity index (χ4v) is 2.44. The number of nitrogens with zero attached hydrogens (tertiary/aromatic N) is 1. The Morgan fingerprint density at radius 3 is 2.44 bits per heavy atom. The molecule has 0 aliphatic carbocycles. The summed E-state index contributed by atoms with van der Waals surface area (Å²) in [5, 5.41) is 3.50. The van der Waals surface area contributed by atoms with Crippen LogP contribution in [0.5, 0.6) is 0 Å². The second kappa shape index (κ2) is 7.42. The quantitative estimate of drug-likeness (QED) is 0.785. The highest BCUT2D eigenvalue weighted by atomic mass is 15.1. The molecule has 102 valence electrons. The zero-order valence-electron chi connectivity index (χ0n) is 12.5. The fourth-order valence-electron chi connectivity index (χ4n) is 2.44. The maximum absolute atomic E-state index is 3.50. The van der Waals surface area contributed by atoms with Crippen LogP contribution in [0.15, 0.2) is 24.3 Å². The van der Waals surface area contributed by atoms with Crippen molar-refractivity contribution >= 4 is 5.69 Å². The minimum Gasteiger partial charge on any atom is -0.372 e. The van der Waals surface area contributed by atoms with E-state index in [9.17, 15) is 0 Å². The Bertz CT molecular complexity index is 349. The number of benzene rings is 1. The van der Waals surface area contributed by atoms with Crippen molar-refractivity contribution in [1.82, 2.24) is 5.32 Å². The van der Waals surface area contributed by atoms with E-state index < -0.39 is 0 Å². The van der Waals surface area contributed by atoms with Gasteiger partial charge in [-0.1, -0.05) is 38.5 Å². The van der Waals surface area contributed by atoms with Crippen LogP contribution in [0.25, 0.3) is 0 Å². The van der Waals surface area contributed by atoms with Gasteiger partial charge in [-0.15, -0.1) is 0 Å². The van der Waals surface area contributed by atoms with Crippen LogP contribution in [0.1, 0.15) is 52.1 Å². The molecule has 1 N–H and O–H groups in total. The van der Waals surface area contributed by atoms with Gasteiger partial charge in [0, 0.05) is 24.8 Å². The van der Waals surface area contributed by atoms with Crippen molar-refractivity contribution < 1.29 is 0 Å². The fraction of sp³-hybridized carbons (Fsp3) is 0.625. The van der Waals surface area contributed by atoms with Gasteiger partial charge in [0.2, 0.25) is 0 Å². The van der Waals surface area contributed by atoms with E-state index in [1.54, 1.807) is 0 Å². The molecule has 2 unspecified atom stereocenters. The number of rotatable bonds is 7. The molecule has 1 aromatic carbocycles. The zero-order chi connectivity index (χ0) is 13.5. The first kappa shape index (κ1) is 15.0. The van der Waals surface area contributed by atoms with Crippen molar-refractivity contribution in [1.29, 1.82) is 0 Å². The topological polar surface area (TPSA) is 15.3 Å². The molecule has 1 aromatic rings. The van der Waals surface area contributed by atoms with Gasteiger partial charge in [-0.2, -0.15) is 0 Å². The molecule has 0 bridgehead atoms. The summed E-state index contributed by atoms with van der Waals surface area (Å²) in [7, 11) is 2.21. The van der Waals surface area contributed by atoms with Crippen LogP contribution in [0.3, 0.4) is 0 Å². The number of hydrogen-bond donors (Lipinski definition) is 1. The van der Waals surface area contributed by atoms with Crippen LogP contribution in [-0.2, 0) is 0 Å². The van der Waals surface area contributed by atoms with Crippen LogP contribution >= 0.6 is 0 Å². The van der Waals surface area contributed by atoms with Crippen molar-refractivity contribution in [3.05, 3.63) is 29.8 Å².